The highest BCUT2D eigenvalue weighted by molar-refractivity contribution is 6.05. The molecule has 0 unspecified atom stereocenters. The number of aromatic nitrogens is 1. The molecular formula is C18H21N3O3. The van der Waals surface area contributed by atoms with Gasteiger partial charge < -0.3 is 15.4 Å². The maximum Gasteiger partial charge on any atom is 0.273 e. The SMILES string of the molecule is COC[C@@]1(CC(N)=O)CCCN1C(=O)c1nccc2ccccc12. The molecule has 6 heteroatoms. The number of benzene rings is 1. The molecule has 1 aromatic carbocycles. The number of hydrogen-bond acceptors (Lipinski definition) is 4. The van der Waals surface area contributed by atoms with Gasteiger partial charge in [-0.2, -0.15) is 0 Å². The molecule has 2 amide bonds. The minimum atomic E-state index is -0.684. The fourth-order valence-electron chi connectivity index (χ4n) is 3.65. The molecule has 1 aliphatic rings. The standard InChI is InChI=1S/C18H21N3O3/c1-24-12-18(11-15(19)22)8-4-10-21(18)17(23)16-14-6-3-2-5-13(14)7-9-20-16/h2-3,5-7,9H,4,8,10-12H2,1H3,(H2,19,22)/t18-/m0/s1. The van der Waals surface area contributed by atoms with E-state index in [2.05, 4.69) is 4.98 Å². The summed E-state index contributed by atoms with van der Waals surface area (Å²) in [5.74, 6) is -0.611. The van der Waals surface area contributed by atoms with Crippen LogP contribution in [0.5, 0.6) is 0 Å². The van der Waals surface area contributed by atoms with Crippen molar-refractivity contribution in [3.05, 3.63) is 42.2 Å². The molecule has 1 aliphatic heterocycles. The van der Waals surface area contributed by atoms with Crippen molar-refractivity contribution in [1.29, 1.82) is 0 Å². The number of carbonyl (C=O) groups is 2. The second kappa shape index (κ2) is 6.57. The summed E-state index contributed by atoms with van der Waals surface area (Å²) in [4.78, 5) is 30.8. The second-order valence-corrected chi connectivity index (χ2v) is 6.24. The summed E-state index contributed by atoms with van der Waals surface area (Å²) in [6, 6.07) is 9.52. The third kappa shape index (κ3) is 2.85. The van der Waals surface area contributed by atoms with Crippen molar-refractivity contribution in [2.45, 2.75) is 24.8 Å². The molecule has 0 bridgehead atoms. The Labute approximate surface area is 140 Å². The van der Waals surface area contributed by atoms with Gasteiger partial charge in [-0.1, -0.05) is 24.3 Å². The van der Waals surface area contributed by atoms with Crippen LogP contribution in [-0.4, -0.2) is 47.5 Å². The Morgan fingerprint density at radius 2 is 2.12 bits per heavy atom. The van der Waals surface area contributed by atoms with Gasteiger partial charge >= 0.3 is 0 Å². The van der Waals surface area contributed by atoms with Crippen LogP contribution >= 0.6 is 0 Å². The average molecular weight is 327 g/mol. The second-order valence-electron chi connectivity index (χ2n) is 6.24. The van der Waals surface area contributed by atoms with Crippen LogP contribution < -0.4 is 5.73 Å². The molecule has 1 saturated heterocycles. The van der Waals surface area contributed by atoms with Crippen molar-refractivity contribution in [2.24, 2.45) is 5.73 Å². The van der Waals surface area contributed by atoms with Crippen LogP contribution in [0, 0.1) is 0 Å². The zero-order chi connectivity index (χ0) is 17.2. The fraction of sp³-hybridized carbons (Fsp3) is 0.389. The summed E-state index contributed by atoms with van der Waals surface area (Å²) in [6.07, 6.45) is 3.24. The smallest absolute Gasteiger partial charge is 0.273 e. The molecular weight excluding hydrogens is 306 g/mol. The Bertz CT molecular complexity index is 772. The summed E-state index contributed by atoms with van der Waals surface area (Å²) >= 11 is 0. The third-order valence-electron chi connectivity index (χ3n) is 4.63. The van der Waals surface area contributed by atoms with E-state index >= 15 is 0 Å². The first-order valence-corrected chi connectivity index (χ1v) is 8.00. The third-order valence-corrected chi connectivity index (χ3v) is 4.63. The number of nitrogens with zero attached hydrogens (tertiary/aromatic N) is 2. The van der Waals surface area contributed by atoms with Crippen molar-refractivity contribution >= 4 is 22.6 Å². The Hall–Kier alpha value is -2.47. The number of ether oxygens (including phenoxy) is 1. The van der Waals surface area contributed by atoms with Gasteiger partial charge in [-0.15, -0.1) is 0 Å². The molecule has 2 aromatic rings. The summed E-state index contributed by atoms with van der Waals surface area (Å²) in [5.41, 5.74) is 5.15. The molecule has 0 radical (unpaired) electrons. The minimum absolute atomic E-state index is 0.0946. The summed E-state index contributed by atoms with van der Waals surface area (Å²) < 4.78 is 5.31. The molecule has 0 saturated carbocycles. The van der Waals surface area contributed by atoms with Gasteiger partial charge in [0.1, 0.15) is 5.69 Å². The van der Waals surface area contributed by atoms with Crippen molar-refractivity contribution < 1.29 is 14.3 Å². The number of primary amides is 1. The lowest BCUT2D eigenvalue weighted by Crippen LogP contribution is -2.52. The highest BCUT2D eigenvalue weighted by Gasteiger charge is 2.45. The highest BCUT2D eigenvalue weighted by atomic mass is 16.5. The van der Waals surface area contributed by atoms with E-state index in [1.165, 1.54) is 0 Å². The maximum atomic E-state index is 13.2. The number of methoxy groups -OCH3 is 1. The van der Waals surface area contributed by atoms with Gasteiger partial charge in [-0.3, -0.25) is 14.6 Å². The number of rotatable bonds is 5. The number of nitrogens with two attached hydrogens (primary N) is 1. The minimum Gasteiger partial charge on any atom is -0.382 e. The van der Waals surface area contributed by atoms with E-state index in [0.29, 0.717) is 18.7 Å². The summed E-state index contributed by atoms with van der Waals surface area (Å²) in [5, 5.41) is 1.77. The summed E-state index contributed by atoms with van der Waals surface area (Å²) in [7, 11) is 1.57. The van der Waals surface area contributed by atoms with Crippen molar-refractivity contribution in [1.82, 2.24) is 9.88 Å². The van der Waals surface area contributed by atoms with E-state index in [0.717, 1.165) is 17.2 Å². The van der Waals surface area contributed by atoms with Crippen molar-refractivity contribution in [3.8, 4) is 0 Å². The first-order valence-electron chi connectivity index (χ1n) is 8.00. The van der Waals surface area contributed by atoms with Gasteiger partial charge in [0, 0.05) is 25.2 Å². The lowest BCUT2D eigenvalue weighted by Gasteiger charge is -2.37. The van der Waals surface area contributed by atoms with Gasteiger partial charge in [0.25, 0.3) is 5.91 Å². The molecule has 24 heavy (non-hydrogen) atoms. The van der Waals surface area contributed by atoms with Gasteiger partial charge in [0.15, 0.2) is 0 Å². The zero-order valence-corrected chi connectivity index (χ0v) is 13.7. The number of carbonyl (C=O) groups excluding carboxylic acids is 2. The van der Waals surface area contributed by atoms with Crippen LogP contribution in [0.1, 0.15) is 29.8 Å². The lowest BCUT2D eigenvalue weighted by atomic mass is 9.92. The van der Waals surface area contributed by atoms with Crippen LogP contribution in [0.15, 0.2) is 36.5 Å². The van der Waals surface area contributed by atoms with E-state index in [-0.39, 0.29) is 18.9 Å². The first kappa shape index (κ1) is 16.4. The molecule has 0 aliphatic carbocycles. The number of pyridine rings is 1. The lowest BCUT2D eigenvalue weighted by molar-refractivity contribution is -0.121. The molecule has 2 N–H and O–H groups in total. The summed E-state index contributed by atoms with van der Waals surface area (Å²) in [6.45, 7) is 0.854. The Kier molecular flexibility index (Phi) is 4.49. The zero-order valence-electron chi connectivity index (χ0n) is 13.7. The maximum absolute atomic E-state index is 13.2. The number of likely N-dealkylation sites (tertiary alicyclic amines) is 1. The molecule has 3 rings (SSSR count). The van der Waals surface area contributed by atoms with Crippen LogP contribution in [0.25, 0.3) is 10.8 Å². The van der Waals surface area contributed by atoms with Gasteiger partial charge in [0.2, 0.25) is 5.91 Å². The number of fused-ring (bicyclic) bond motifs is 1. The molecule has 2 heterocycles. The van der Waals surface area contributed by atoms with Crippen LogP contribution in [-0.2, 0) is 9.53 Å². The van der Waals surface area contributed by atoms with Crippen LogP contribution in [0.3, 0.4) is 0 Å². The molecule has 6 nitrogen and oxygen atoms in total. The highest BCUT2D eigenvalue weighted by Crippen LogP contribution is 2.34. The van der Waals surface area contributed by atoms with E-state index in [9.17, 15) is 9.59 Å². The van der Waals surface area contributed by atoms with E-state index in [1.54, 1.807) is 18.2 Å². The largest absolute Gasteiger partial charge is 0.382 e. The normalized spacial score (nSPS) is 20.5. The quantitative estimate of drug-likeness (QED) is 0.906. The number of amides is 2. The van der Waals surface area contributed by atoms with Gasteiger partial charge in [-0.05, 0) is 24.3 Å². The first-order chi connectivity index (χ1) is 11.6. The Morgan fingerprint density at radius 3 is 2.88 bits per heavy atom. The van der Waals surface area contributed by atoms with Crippen LogP contribution in [0.2, 0.25) is 0 Å². The monoisotopic (exact) mass is 327 g/mol. The van der Waals surface area contributed by atoms with Crippen LogP contribution in [0.4, 0.5) is 0 Å². The molecule has 126 valence electrons. The fourth-order valence-corrected chi connectivity index (χ4v) is 3.65. The predicted octanol–water partition coefficient (Wildman–Crippen LogP) is 1.73. The average Bonchev–Trinajstić information content (AvgIpc) is 2.96. The Morgan fingerprint density at radius 1 is 1.33 bits per heavy atom. The van der Waals surface area contributed by atoms with E-state index < -0.39 is 11.4 Å². The Balaban J connectivity index is 2.02. The topological polar surface area (TPSA) is 85.5 Å². The van der Waals surface area contributed by atoms with Gasteiger partial charge in [-0.25, -0.2) is 0 Å². The molecule has 1 atom stereocenters. The van der Waals surface area contributed by atoms with Gasteiger partial charge in [0.05, 0.1) is 18.6 Å². The van der Waals surface area contributed by atoms with E-state index in [4.69, 9.17) is 10.5 Å². The molecule has 1 aromatic heterocycles. The van der Waals surface area contributed by atoms with Crippen molar-refractivity contribution in [3.63, 3.8) is 0 Å². The molecule has 1 fully saturated rings. The predicted molar refractivity (Wildman–Crippen MR) is 90.4 cm³/mol. The molecule has 0 spiro atoms. The van der Waals surface area contributed by atoms with Crippen molar-refractivity contribution in [2.75, 3.05) is 20.3 Å². The van der Waals surface area contributed by atoms with E-state index in [1.807, 2.05) is 30.3 Å². The number of hydrogen-bond donors (Lipinski definition) is 1.